The Morgan fingerprint density at radius 2 is 1.19 bits per heavy atom. The molecule has 7 rings (SSSR count). The molecule has 4 heteroatoms. The summed E-state index contributed by atoms with van der Waals surface area (Å²) in [4.78, 5) is 15.3. The Hall–Kier alpha value is -3.89. The predicted octanol–water partition coefficient (Wildman–Crippen LogP) is 9.29. The van der Waals surface area contributed by atoms with E-state index in [0.29, 0.717) is 5.92 Å². The zero-order chi connectivity index (χ0) is 24.6. The van der Waals surface area contributed by atoms with Crippen LogP contribution in [0.15, 0.2) is 97.1 Å². The van der Waals surface area contributed by atoms with Crippen LogP contribution >= 0.6 is 11.3 Å². The number of benzene rings is 4. The molecule has 2 aromatic heterocycles. The second-order valence-corrected chi connectivity index (χ2v) is 11.0. The van der Waals surface area contributed by atoms with Crippen molar-refractivity contribution in [3.8, 4) is 34.2 Å². The van der Waals surface area contributed by atoms with Crippen molar-refractivity contribution >= 4 is 31.5 Å². The van der Waals surface area contributed by atoms with Gasteiger partial charge in [0.05, 0.1) is 0 Å². The topological polar surface area (TPSA) is 38.7 Å². The first kappa shape index (κ1) is 22.3. The highest BCUT2D eigenvalue weighted by atomic mass is 32.1. The van der Waals surface area contributed by atoms with Crippen molar-refractivity contribution in [2.24, 2.45) is 0 Å². The van der Waals surface area contributed by atoms with Crippen molar-refractivity contribution in [2.75, 3.05) is 0 Å². The third kappa shape index (κ3) is 4.11. The minimum absolute atomic E-state index is 0.564. The smallest absolute Gasteiger partial charge is 0.164 e. The van der Waals surface area contributed by atoms with E-state index < -0.39 is 0 Å². The van der Waals surface area contributed by atoms with Gasteiger partial charge in [-0.15, -0.1) is 11.3 Å². The number of nitrogens with zero attached hydrogens (tertiary/aromatic N) is 3. The highest BCUT2D eigenvalue weighted by molar-refractivity contribution is 7.25. The largest absolute Gasteiger partial charge is 0.208 e. The molecule has 0 radical (unpaired) electrons. The van der Waals surface area contributed by atoms with Gasteiger partial charge in [-0.2, -0.15) is 0 Å². The maximum absolute atomic E-state index is 5.17. The second-order valence-electron chi connectivity index (χ2n) is 9.87. The SMILES string of the molecule is c1ccc(-c2nc(-c3ccccc3C3CCCCC3)nc(-c3cccc4sc5ccccc5c34)n2)cc1. The molecule has 4 aromatic carbocycles. The number of thiophene rings is 1. The Bertz CT molecular complexity index is 1710. The van der Waals surface area contributed by atoms with Crippen LogP contribution in [-0.4, -0.2) is 15.0 Å². The minimum atomic E-state index is 0.564. The van der Waals surface area contributed by atoms with Gasteiger partial charge in [0.15, 0.2) is 17.5 Å². The molecule has 0 aliphatic heterocycles. The maximum atomic E-state index is 5.17. The molecule has 1 saturated carbocycles. The molecule has 0 N–H and O–H groups in total. The quantitative estimate of drug-likeness (QED) is 0.244. The van der Waals surface area contributed by atoms with E-state index in [1.807, 2.05) is 29.5 Å². The van der Waals surface area contributed by atoms with Crippen LogP contribution in [0.3, 0.4) is 0 Å². The summed E-state index contributed by atoms with van der Waals surface area (Å²) in [5, 5.41) is 2.48. The lowest BCUT2D eigenvalue weighted by Gasteiger charge is -2.24. The maximum Gasteiger partial charge on any atom is 0.164 e. The van der Waals surface area contributed by atoms with Crippen LogP contribution in [0.5, 0.6) is 0 Å². The van der Waals surface area contributed by atoms with E-state index in [-0.39, 0.29) is 0 Å². The summed E-state index contributed by atoms with van der Waals surface area (Å²) in [7, 11) is 0. The highest BCUT2D eigenvalue weighted by Crippen LogP contribution is 2.41. The Balaban J connectivity index is 1.48. The van der Waals surface area contributed by atoms with Crippen molar-refractivity contribution in [1.82, 2.24) is 15.0 Å². The molecule has 2 heterocycles. The zero-order valence-electron chi connectivity index (χ0n) is 20.6. The number of hydrogen-bond acceptors (Lipinski definition) is 4. The van der Waals surface area contributed by atoms with Crippen LogP contribution in [0.1, 0.15) is 43.6 Å². The molecule has 0 amide bonds. The van der Waals surface area contributed by atoms with Crippen molar-refractivity contribution < 1.29 is 0 Å². The van der Waals surface area contributed by atoms with E-state index in [4.69, 9.17) is 15.0 Å². The first-order valence-electron chi connectivity index (χ1n) is 13.2. The fourth-order valence-electron chi connectivity index (χ4n) is 5.76. The molecule has 0 atom stereocenters. The van der Waals surface area contributed by atoms with E-state index in [1.165, 1.54) is 57.8 Å². The molecule has 0 bridgehead atoms. The summed E-state index contributed by atoms with van der Waals surface area (Å²) < 4.78 is 2.54. The Labute approximate surface area is 220 Å². The molecule has 0 spiro atoms. The molecule has 1 fully saturated rings. The lowest BCUT2D eigenvalue weighted by atomic mass is 9.82. The van der Waals surface area contributed by atoms with Crippen LogP contribution in [0.2, 0.25) is 0 Å². The molecule has 1 aliphatic carbocycles. The van der Waals surface area contributed by atoms with Crippen molar-refractivity contribution in [2.45, 2.75) is 38.0 Å². The van der Waals surface area contributed by atoms with E-state index in [9.17, 15) is 0 Å². The Kier molecular flexibility index (Phi) is 5.75. The van der Waals surface area contributed by atoms with Gasteiger partial charge in [-0.25, -0.2) is 15.0 Å². The average Bonchev–Trinajstić information content (AvgIpc) is 3.37. The number of rotatable bonds is 4. The second kappa shape index (κ2) is 9.53. The van der Waals surface area contributed by atoms with E-state index in [2.05, 4.69) is 78.9 Å². The summed E-state index contributed by atoms with van der Waals surface area (Å²) in [5.74, 6) is 2.78. The average molecular weight is 498 g/mol. The number of fused-ring (bicyclic) bond motifs is 3. The summed E-state index contributed by atoms with van der Waals surface area (Å²) in [6.45, 7) is 0. The Morgan fingerprint density at radius 3 is 2.05 bits per heavy atom. The van der Waals surface area contributed by atoms with Gasteiger partial charge in [0.25, 0.3) is 0 Å². The first-order valence-corrected chi connectivity index (χ1v) is 14.0. The summed E-state index contributed by atoms with van der Waals surface area (Å²) >= 11 is 1.82. The number of hydrogen-bond donors (Lipinski definition) is 0. The molecule has 0 unspecified atom stereocenters. The molecule has 6 aromatic rings. The van der Waals surface area contributed by atoms with Gasteiger partial charge in [-0.05, 0) is 36.5 Å². The van der Waals surface area contributed by atoms with Crippen LogP contribution in [0.25, 0.3) is 54.3 Å². The lowest BCUT2D eigenvalue weighted by Crippen LogP contribution is -2.08. The molecular formula is C33H27N3S. The fraction of sp³-hybridized carbons (Fsp3) is 0.182. The first-order chi connectivity index (χ1) is 18.3. The lowest BCUT2D eigenvalue weighted by molar-refractivity contribution is 0.444. The third-order valence-electron chi connectivity index (χ3n) is 7.56. The molecule has 3 nitrogen and oxygen atoms in total. The van der Waals surface area contributed by atoms with E-state index >= 15 is 0 Å². The van der Waals surface area contributed by atoms with Gasteiger partial charge in [0.1, 0.15) is 0 Å². The normalized spacial score (nSPS) is 14.4. The van der Waals surface area contributed by atoms with Crippen LogP contribution in [0.4, 0.5) is 0 Å². The van der Waals surface area contributed by atoms with E-state index in [0.717, 1.165) is 34.2 Å². The Morgan fingerprint density at radius 1 is 0.541 bits per heavy atom. The van der Waals surface area contributed by atoms with Gasteiger partial charge in [-0.3, -0.25) is 0 Å². The minimum Gasteiger partial charge on any atom is -0.208 e. The summed E-state index contributed by atoms with van der Waals surface area (Å²) in [6.07, 6.45) is 6.40. The fourth-order valence-corrected chi connectivity index (χ4v) is 6.90. The zero-order valence-corrected chi connectivity index (χ0v) is 21.4. The molecule has 180 valence electrons. The summed E-state index contributed by atoms with van der Waals surface area (Å²) in [6, 6.07) is 34.1. The van der Waals surface area contributed by atoms with Gasteiger partial charge < -0.3 is 0 Å². The third-order valence-corrected chi connectivity index (χ3v) is 8.69. The monoisotopic (exact) mass is 497 g/mol. The van der Waals surface area contributed by atoms with Crippen molar-refractivity contribution in [1.29, 1.82) is 0 Å². The predicted molar refractivity (Wildman–Crippen MR) is 155 cm³/mol. The highest BCUT2D eigenvalue weighted by Gasteiger charge is 2.22. The van der Waals surface area contributed by atoms with Gasteiger partial charge in [-0.1, -0.05) is 104 Å². The van der Waals surface area contributed by atoms with Gasteiger partial charge in [0, 0.05) is 36.9 Å². The van der Waals surface area contributed by atoms with Crippen molar-refractivity contribution in [3.05, 3.63) is 103 Å². The van der Waals surface area contributed by atoms with Crippen LogP contribution in [-0.2, 0) is 0 Å². The van der Waals surface area contributed by atoms with Crippen molar-refractivity contribution in [3.63, 3.8) is 0 Å². The number of aromatic nitrogens is 3. The van der Waals surface area contributed by atoms with Gasteiger partial charge >= 0.3 is 0 Å². The standard InChI is InChI=1S/C33H27N3S/c1-3-12-22(13-4-1)24-16-7-8-17-25(24)32-34-31(23-14-5-2-6-15-23)35-33(36-32)27-19-11-21-29-30(27)26-18-9-10-20-28(26)37-29/h2,5-11,14-22H,1,3-4,12-13H2. The van der Waals surface area contributed by atoms with Crippen LogP contribution < -0.4 is 0 Å². The molecule has 0 saturated heterocycles. The summed E-state index contributed by atoms with van der Waals surface area (Å²) in [5.41, 5.74) is 4.57. The molecule has 37 heavy (non-hydrogen) atoms. The molecule has 1 aliphatic rings. The van der Waals surface area contributed by atoms with Gasteiger partial charge in [0.2, 0.25) is 0 Å². The van der Waals surface area contributed by atoms with Crippen LogP contribution in [0, 0.1) is 0 Å². The van der Waals surface area contributed by atoms with E-state index in [1.54, 1.807) is 0 Å². The molecular weight excluding hydrogens is 470 g/mol.